The first-order valence-electron chi connectivity index (χ1n) is 11.1. The fourth-order valence-corrected chi connectivity index (χ4v) is 3.77. The largest absolute Gasteiger partial charge is 0.870 e. The van der Waals surface area contributed by atoms with Crippen molar-refractivity contribution in [2.45, 2.75) is 90.3 Å². The molecule has 0 amide bonds. The molecule has 30 heavy (non-hydrogen) atoms. The molecule has 3 N–H and O–H groups in total. The Morgan fingerprint density at radius 1 is 1.00 bits per heavy atom. The maximum atomic E-state index is 11.0. The van der Waals surface area contributed by atoms with Crippen LogP contribution in [0.15, 0.2) is 0 Å². The van der Waals surface area contributed by atoms with E-state index in [1.165, 1.54) is 38.5 Å². The summed E-state index contributed by atoms with van der Waals surface area (Å²) in [5, 5.41) is 9.00. The number of hydrogen-bond acceptors (Lipinski definition) is 6. The van der Waals surface area contributed by atoms with Gasteiger partial charge < -0.3 is 33.7 Å². The molecule has 0 aromatic rings. The molecule has 0 rings (SSSR count). The third-order valence-corrected chi connectivity index (χ3v) is 5.38. The summed E-state index contributed by atoms with van der Waals surface area (Å²) in [6.07, 6.45) is 10.1. The number of rotatable bonds is 20. The standard InChI is InChI=1S/C21H44NO6P.H2O/c1-6-7-8-9-10-11-14-19(2)26-15-12-13-16-27-29(25)28-20(17-21(23)24)18-22(3,4)5;/h19-20,25H,6-18H2,1-5H3;1H2/t19?,20-,29?;/m1./s1. The van der Waals surface area contributed by atoms with Crippen LogP contribution in [0.2, 0.25) is 0 Å². The van der Waals surface area contributed by atoms with Gasteiger partial charge in [-0.1, -0.05) is 45.4 Å². The van der Waals surface area contributed by atoms with Crippen molar-refractivity contribution >= 4 is 14.6 Å². The van der Waals surface area contributed by atoms with E-state index in [0.717, 1.165) is 19.3 Å². The van der Waals surface area contributed by atoms with Crippen LogP contribution < -0.4 is 0 Å². The molecule has 0 aliphatic heterocycles. The average molecular weight is 456 g/mol. The Hall–Kier alpha value is -0.340. The predicted octanol–water partition coefficient (Wildman–Crippen LogP) is 4.55. The van der Waals surface area contributed by atoms with Crippen molar-refractivity contribution in [1.29, 1.82) is 0 Å². The van der Waals surface area contributed by atoms with Crippen LogP contribution in [-0.2, 0) is 18.6 Å². The second-order valence-corrected chi connectivity index (χ2v) is 9.76. The Morgan fingerprint density at radius 3 is 2.20 bits per heavy atom. The highest BCUT2D eigenvalue weighted by atomic mass is 31.2. The van der Waals surface area contributed by atoms with Crippen LogP contribution in [0, 0.1) is 0 Å². The molecule has 0 fully saturated rings. The first kappa shape index (κ1) is 31.8. The van der Waals surface area contributed by atoms with Crippen LogP contribution in [0.5, 0.6) is 0 Å². The number of ether oxygens (including phenoxy) is 1. The SMILES string of the molecule is CCCCCCCCC(C)OCCCCOP(O)O[C@H](CC(=O)O)C[N+](C)(C)C.[OH-]. The zero-order valence-corrected chi connectivity index (χ0v) is 20.6. The van der Waals surface area contributed by atoms with Gasteiger partial charge in [0.2, 0.25) is 0 Å². The normalized spacial score (nSPS) is 14.7. The van der Waals surface area contributed by atoms with Crippen LogP contribution in [-0.4, -0.2) is 79.0 Å². The summed E-state index contributed by atoms with van der Waals surface area (Å²) < 4.78 is 17.1. The van der Waals surface area contributed by atoms with Gasteiger partial charge in [-0.15, -0.1) is 0 Å². The van der Waals surface area contributed by atoms with Crippen LogP contribution in [0.3, 0.4) is 0 Å². The molecule has 182 valence electrons. The minimum absolute atomic E-state index is 0. The lowest BCUT2D eigenvalue weighted by Crippen LogP contribution is -2.42. The average Bonchev–Trinajstić information content (AvgIpc) is 2.58. The maximum Gasteiger partial charge on any atom is 0.330 e. The molecule has 0 saturated carbocycles. The highest BCUT2D eigenvalue weighted by Gasteiger charge is 2.25. The summed E-state index contributed by atoms with van der Waals surface area (Å²) in [4.78, 5) is 20.9. The van der Waals surface area contributed by atoms with E-state index >= 15 is 0 Å². The van der Waals surface area contributed by atoms with Crippen LogP contribution in [0.1, 0.15) is 78.1 Å². The number of carboxylic acid groups (broad SMARTS) is 1. The van der Waals surface area contributed by atoms with Crippen LogP contribution in [0.25, 0.3) is 0 Å². The van der Waals surface area contributed by atoms with Gasteiger partial charge in [-0.2, -0.15) is 0 Å². The van der Waals surface area contributed by atoms with E-state index in [0.29, 0.717) is 24.2 Å². The molecule has 8 nitrogen and oxygen atoms in total. The molecule has 2 unspecified atom stereocenters. The summed E-state index contributed by atoms with van der Waals surface area (Å²) >= 11 is 0. The zero-order valence-electron chi connectivity index (χ0n) is 19.7. The minimum atomic E-state index is -2.07. The van der Waals surface area contributed by atoms with E-state index in [9.17, 15) is 9.69 Å². The Kier molecular flexibility index (Phi) is 20.5. The Balaban J connectivity index is 0. The van der Waals surface area contributed by atoms with Crippen molar-refractivity contribution in [2.24, 2.45) is 0 Å². The predicted molar refractivity (Wildman–Crippen MR) is 120 cm³/mol. The molecule has 0 aromatic carbocycles. The molecule has 0 aliphatic carbocycles. The van der Waals surface area contributed by atoms with Gasteiger partial charge in [-0.3, -0.25) is 4.79 Å². The van der Waals surface area contributed by atoms with Crippen LogP contribution in [0.4, 0.5) is 0 Å². The van der Waals surface area contributed by atoms with Crippen molar-refractivity contribution in [3.05, 3.63) is 0 Å². The smallest absolute Gasteiger partial charge is 0.330 e. The summed E-state index contributed by atoms with van der Waals surface area (Å²) in [6, 6.07) is 0. The van der Waals surface area contributed by atoms with Crippen LogP contribution >= 0.6 is 8.60 Å². The van der Waals surface area contributed by atoms with Gasteiger partial charge in [0.1, 0.15) is 12.6 Å². The second kappa shape index (κ2) is 19.4. The lowest BCUT2D eigenvalue weighted by Gasteiger charge is -2.29. The molecule has 9 heteroatoms. The molecule has 0 spiro atoms. The minimum Gasteiger partial charge on any atom is -0.870 e. The van der Waals surface area contributed by atoms with Gasteiger partial charge in [-0.05, 0) is 26.2 Å². The molecular formula is C21H46NO7P. The first-order valence-corrected chi connectivity index (χ1v) is 12.2. The highest BCUT2D eigenvalue weighted by Crippen LogP contribution is 2.35. The van der Waals surface area contributed by atoms with Gasteiger partial charge in [-0.25, -0.2) is 0 Å². The molecule has 0 saturated heterocycles. The molecule has 0 bridgehead atoms. The summed E-state index contributed by atoms with van der Waals surface area (Å²) in [6.45, 7) is 5.91. The molecule has 0 radical (unpaired) electrons. The number of quaternary nitrogens is 1. The first-order chi connectivity index (χ1) is 13.6. The van der Waals surface area contributed by atoms with E-state index in [1.54, 1.807) is 0 Å². The molecule has 0 aliphatic rings. The van der Waals surface area contributed by atoms with E-state index in [4.69, 9.17) is 18.9 Å². The topological polar surface area (TPSA) is 115 Å². The molecule has 3 atom stereocenters. The summed E-state index contributed by atoms with van der Waals surface area (Å²) in [5.41, 5.74) is 0. The van der Waals surface area contributed by atoms with Crippen molar-refractivity contribution < 1.29 is 38.5 Å². The van der Waals surface area contributed by atoms with Crippen molar-refractivity contribution in [1.82, 2.24) is 0 Å². The summed E-state index contributed by atoms with van der Waals surface area (Å²) in [5.74, 6) is -0.945. The van der Waals surface area contributed by atoms with Gasteiger partial charge in [0.05, 0.1) is 40.3 Å². The molecule has 0 aromatic heterocycles. The number of carboxylic acids is 1. The van der Waals surface area contributed by atoms with Gasteiger partial charge in [0.25, 0.3) is 0 Å². The zero-order chi connectivity index (χ0) is 22.1. The fourth-order valence-electron chi connectivity index (χ4n) is 3.03. The Morgan fingerprint density at radius 2 is 1.60 bits per heavy atom. The second-order valence-electron chi connectivity index (χ2n) is 8.81. The van der Waals surface area contributed by atoms with E-state index in [2.05, 4.69) is 13.8 Å². The monoisotopic (exact) mass is 455 g/mol. The number of carbonyl (C=O) groups is 1. The van der Waals surface area contributed by atoms with E-state index in [-0.39, 0.29) is 18.0 Å². The molecular weight excluding hydrogens is 409 g/mol. The van der Waals surface area contributed by atoms with Gasteiger partial charge >= 0.3 is 14.6 Å². The fraction of sp³-hybridized carbons (Fsp3) is 0.952. The van der Waals surface area contributed by atoms with E-state index < -0.39 is 20.7 Å². The third kappa shape index (κ3) is 22.3. The van der Waals surface area contributed by atoms with Gasteiger partial charge in [0, 0.05) is 6.61 Å². The Labute approximate surface area is 184 Å². The van der Waals surface area contributed by atoms with Crippen molar-refractivity contribution in [3.8, 4) is 0 Å². The maximum absolute atomic E-state index is 11.0. The summed E-state index contributed by atoms with van der Waals surface area (Å²) in [7, 11) is 3.79. The van der Waals surface area contributed by atoms with E-state index in [1.807, 2.05) is 21.1 Å². The number of likely N-dealkylation sites (N-methyl/N-ethyl adjacent to an activating group) is 1. The van der Waals surface area contributed by atoms with Gasteiger partial charge in [0.15, 0.2) is 0 Å². The number of hydrogen-bond donors (Lipinski definition) is 2. The number of nitrogens with zero attached hydrogens (tertiary/aromatic N) is 1. The highest BCUT2D eigenvalue weighted by molar-refractivity contribution is 7.40. The van der Waals surface area contributed by atoms with Crippen molar-refractivity contribution in [3.63, 3.8) is 0 Å². The third-order valence-electron chi connectivity index (χ3n) is 4.50. The lowest BCUT2D eigenvalue weighted by molar-refractivity contribution is -0.873. The lowest BCUT2D eigenvalue weighted by atomic mass is 10.1. The number of aliphatic carboxylic acids is 1. The molecule has 0 heterocycles. The number of unbranched alkanes of at least 4 members (excludes halogenated alkanes) is 6. The quantitative estimate of drug-likeness (QED) is 0.157. The van der Waals surface area contributed by atoms with Crippen molar-refractivity contribution in [2.75, 3.05) is 40.9 Å². The Bertz CT molecular complexity index is 407.